The molecule has 0 amide bonds. The molecule has 1 N–H and O–H groups in total. The summed E-state index contributed by atoms with van der Waals surface area (Å²) in [7, 11) is 0. The van der Waals surface area contributed by atoms with Gasteiger partial charge in [-0.2, -0.15) is 0 Å². The molecule has 0 aliphatic rings. The van der Waals surface area contributed by atoms with E-state index in [1.54, 1.807) is 12.4 Å². The van der Waals surface area contributed by atoms with Crippen LogP contribution in [0.5, 0.6) is 0 Å². The maximum Gasteiger partial charge on any atom is 0.0785 e. The van der Waals surface area contributed by atoms with Gasteiger partial charge in [0.05, 0.1) is 6.10 Å². The van der Waals surface area contributed by atoms with Gasteiger partial charge < -0.3 is 5.11 Å². The maximum atomic E-state index is 9.45. The summed E-state index contributed by atoms with van der Waals surface area (Å²) >= 11 is 0. The Morgan fingerprint density at radius 3 is 3.00 bits per heavy atom. The van der Waals surface area contributed by atoms with Gasteiger partial charge in [0.25, 0.3) is 0 Å². The number of aliphatic hydroxyl groups is 1. The van der Waals surface area contributed by atoms with Gasteiger partial charge in [0.15, 0.2) is 0 Å². The number of aliphatic hydroxyl groups excluding tert-OH is 1. The molecule has 64 valence electrons. The van der Waals surface area contributed by atoms with E-state index in [1.165, 1.54) is 0 Å². The summed E-state index contributed by atoms with van der Waals surface area (Å²) < 4.78 is 0. The van der Waals surface area contributed by atoms with Crippen LogP contribution in [0.4, 0.5) is 0 Å². The molecule has 0 spiro atoms. The van der Waals surface area contributed by atoms with Gasteiger partial charge in [0.2, 0.25) is 0 Å². The van der Waals surface area contributed by atoms with Crippen molar-refractivity contribution in [2.45, 2.75) is 19.4 Å². The second-order valence-corrected chi connectivity index (χ2v) is 2.93. The Labute approximate surface area is 72.6 Å². The van der Waals surface area contributed by atoms with Crippen LogP contribution in [0.25, 0.3) is 0 Å². The summed E-state index contributed by atoms with van der Waals surface area (Å²) in [5, 5.41) is 9.45. The van der Waals surface area contributed by atoms with E-state index >= 15 is 0 Å². The fraction of sp³-hybridized carbons (Fsp3) is 0.300. The lowest BCUT2D eigenvalue weighted by atomic mass is 10.1. The third kappa shape index (κ3) is 2.47. The van der Waals surface area contributed by atoms with Gasteiger partial charge in [-0.05, 0) is 18.6 Å². The average molecular weight is 163 g/mol. The van der Waals surface area contributed by atoms with E-state index < -0.39 is 6.10 Å². The first-order valence-electron chi connectivity index (χ1n) is 3.92. The van der Waals surface area contributed by atoms with Gasteiger partial charge in [0, 0.05) is 18.8 Å². The minimum atomic E-state index is -0.450. The van der Waals surface area contributed by atoms with E-state index in [9.17, 15) is 5.11 Å². The molecule has 1 aromatic rings. The molecule has 1 rings (SSSR count). The highest BCUT2D eigenvalue weighted by atomic mass is 16.3. The number of nitrogens with zero attached hydrogens (tertiary/aromatic N) is 1. The SMILES string of the molecule is C=C(C)C(O)Cc1cccnc1. The molecule has 0 fully saturated rings. The Bertz CT molecular complexity index is 256. The van der Waals surface area contributed by atoms with E-state index in [0.29, 0.717) is 6.42 Å². The summed E-state index contributed by atoms with van der Waals surface area (Å²) in [6.07, 6.45) is 3.63. The quantitative estimate of drug-likeness (QED) is 0.686. The molecule has 1 atom stereocenters. The van der Waals surface area contributed by atoms with Crippen molar-refractivity contribution in [1.29, 1.82) is 0 Å². The first-order valence-corrected chi connectivity index (χ1v) is 3.92. The van der Waals surface area contributed by atoms with Gasteiger partial charge >= 0.3 is 0 Å². The van der Waals surface area contributed by atoms with E-state index in [0.717, 1.165) is 11.1 Å². The monoisotopic (exact) mass is 163 g/mol. The van der Waals surface area contributed by atoms with Crippen LogP contribution < -0.4 is 0 Å². The Kier molecular flexibility index (Phi) is 3.00. The van der Waals surface area contributed by atoms with Crippen molar-refractivity contribution in [2.75, 3.05) is 0 Å². The van der Waals surface area contributed by atoms with Gasteiger partial charge in [-0.15, -0.1) is 0 Å². The van der Waals surface area contributed by atoms with Crippen LogP contribution in [0.15, 0.2) is 36.7 Å². The number of aromatic nitrogens is 1. The molecular formula is C10H13NO. The minimum Gasteiger partial charge on any atom is -0.388 e. The van der Waals surface area contributed by atoms with Gasteiger partial charge in [-0.25, -0.2) is 0 Å². The molecule has 1 heterocycles. The van der Waals surface area contributed by atoms with Crippen molar-refractivity contribution >= 4 is 0 Å². The van der Waals surface area contributed by atoms with Gasteiger partial charge in [-0.1, -0.05) is 18.2 Å². The second kappa shape index (κ2) is 4.02. The second-order valence-electron chi connectivity index (χ2n) is 2.93. The zero-order chi connectivity index (χ0) is 8.97. The highest BCUT2D eigenvalue weighted by molar-refractivity contribution is 5.13. The van der Waals surface area contributed by atoms with Crippen molar-refractivity contribution < 1.29 is 5.11 Å². The molecule has 1 aromatic heterocycles. The lowest BCUT2D eigenvalue weighted by Crippen LogP contribution is -2.10. The van der Waals surface area contributed by atoms with Crippen molar-refractivity contribution in [3.63, 3.8) is 0 Å². The van der Waals surface area contributed by atoms with Crippen LogP contribution in [0.3, 0.4) is 0 Å². The van der Waals surface area contributed by atoms with Crippen molar-refractivity contribution in [2.24, 2.45) is 0 Å². The molecule has 0 bridgehead atoms. The largest absolute Gasteiger partial charge is 0.388 e. The average Bonchev–Trinajstić information content (AvgIpc) is 2.06. The highest BCUT2D eigenvalue weighted by Crippen LogP contribution is 2.06. The Morgan fingerprint density at radius 1 is 1.75 bits per heavy atom. The fourth-order valence-corrected chi connectivity index (χ4v) is 0.916. The highest BCUT2D eigenvalue weighted by Gasteiger charge is 2.04. The molecule has 2 nitrogen and oxygen atoms in total. The Morgan fingerprint density at radius 2 is 2.50 bits per heavy atom. The summed E-state index contributed by atoms with van der Waals surface area (Å²) in [6.45, 7) is 5.50. The lowest BCUT2D eigenvalue weighted by Gasteiger charge is -2.08. The number of pyridine rings is 1. The smallest absolute Gasteiger partial charge is 0.0785 e. The molecule has 0 saturated carbocycles. The molecule has 2 heteroatoms. The van der Waals surface area contributed by atoms with Crippen LogP contribution in [-0.2, 0) is 6.42 Å². The molecule has 0 radical (unpaired) electrons. The molecule has 12 heavy (non-hydrogen) atoms. The van der Waals surface area contributed by atoms with Gasteiger partial charge in [-0.3, -0.25) is 4.98 Å². The zero-order valence-electron chi connectivity index (χ0n) is 7.20. The summed E-state index contributed by atoms with van der Waals surface area (Å²) in [6, 6.07) is 3.81. The van der Waals surface area contributed by atoms with E-state index in [1.807, 2.05) is 19.1 Å². The zero-order valence-corrected chi connectivity index (χ0v) is 7.20. The van der Waals surface area contributed by atoms with Crippen LogP contribution in [0.1, 0.15) is 12.5 Å². The van der Waals surface area contributed by atoms with Crippen LogP contribution in [0.2, 0.25) is 0 Å². The molecule has 0 aromatic carbocycles. The predicted octanol–water partition coefficient (Wildman–Crippen LogP) is 1.56. The first-order chi connectivity index (χ1) is 5.70. The maximum absolute atomic E-state index is 9.45. The molecule has 0 aliphatic carbocycles. The van der Waals surface area contributed by atoms with E-state index in [-0.39, 0.29) is 0 Å². The normalized spacial score (nSPS) is 12.5. The van der Waals surface area contributed by atoms with Crippen molar-refractivity contribution in [3.05, 3.63) is 42.2 Å². The first kappa shape index (κ1) is 8.94. The number of rotatable bonds is 3. The molecular weight excluding hydrogens is 150 g/mol. The van der Waals surface area contributed by atoms with E-state index in [4.69, 9.17) is 0 Å². The third-order valence-corrected chi connectivity index (χ3v) is 1.72. The van der Waals surface area contributed by atoms with Crippen LogP contribution >= 0.6 is 0 Å². The third-order valence-electron chi connectivity index (χ3n) is 1.72. The van der Waals surface area contributed by atoms with Crippen molar-refractivity contribution in [1.82, 2.24) is 4.98 Å². The van der Waals surface area contributed by atoms with Crippen LogP contribution in [0, 0.1) is 0 Å². The fourth-order valence-electron chi connectivity index (χ4n) is 0.916. The topological polar surface area (TPSA) is 33.1 Å². The minimum absolute atomic E-state index is 0.450. The Hall–Kier alpha value is -1.15. The van der Waals surface area contributed by atoms with Gasteiger partial charge in [0.1, 0.15) is 0 Å². The summed E-state index contributed by atoms with van der Waals surface area (Å²) in [5.41, 5.74) is 1.83. The Balaban J connectivity index is 2.58. The van der Waals surface area contributed by atoms with Crippen LogP contribution in [-0.4, -0.2) is 16.2 Å². The number of hydrogen-bond acceptors (Lipinski definition) is 2. The van der Waals surface area contributed by atoms with Crippen molar-refractivity contribution in [3.8, 4) is 0 Å². The standard InChI is InChI=1S/C10H13NO/c1-8(2)10(12)6-9-4-3-5-11-7-9/h3-5,7,10,12H,1,6H2,2H3. The number of hydrogen-bond donors (Lipinski definition) is 1. The van der Waals surface area contributed by atoms with E-state index in [2.05, 4.69) is 11.6 Å². The molecule has 1 unspecified atom stereocenters. The molecule has 0 aliphatic heterocycles. The summed E-state index contributed by atoms with van der Waals surface area (Å²) in [4.78, 5) is 3.96. The summed E-state index contributed by atoms with van der Waals surface area (Å²) in [5.74, 6) is 0. The predicted molar refractivity (Wildman–Crippen MR) is 48.8 cm³/mol. The molecule has 0 saturated heterocycles. The lowest BCUT2D eigenvalue weighted by molar-refractivity contribution is 0.212.